The number of hydrogen-bond donors (Lipinski definition) is 31. The average Bonchev–Trinajstić information content (AvgIpc) is 0.826. The Balaban J connectivity index is 1.60. The van der Waals surface area contributed by atoms with Gasteiger partial charge in [0.25, 0.3) is 0 Å². The maximum Gasteiger partial charge on any atom is 0.322 e. The van der Waals surface area contributed by atoms with Gasteiger partial charge in [-0.15, -0.1) is 0 Å². The van der Waals surface area contributed by atoms with E-state index in [1.165, 1.54) is 24.3 Å². The number of carboxylic acids is 4. The number of aliphatic hydroxyl groups excluding tert-OH is 4. The Morgan fingerprint density at radius 3 is 1.06 bits per heavy atom. The Labute approximate surface area is 771 Å². The Bertz CT molecular complexity index is 4730. The first-order chi connectivity index (χ1) is 63.6. The smallest absolute Gasteiger partial charge is 0.322 e. The Morgan fingerprint density at radius 1 is 0.328 bits per heavy atom. The zero-order valence-corrected chi connectivity index (χ0v) is 73.8. The third-order valence-corrected chi connectivity index (χ3v) is 20.3. The van der Waals surface area contributed by atoms with Crippen molar-refractivity contribution in [1.29, 1.82) is 10.8 Å². The van der Waals surface area contributed by atoms with Gasteiger partial charge in [0.1, 0.15) is 91.1 Å². The van der Waals surface area contributed by atoms with E-state index in [-0.39, 0.29) is 88.9 Å². The molecule has 0 aliphatic rings. The molecular formula is C83H118ClN23O27. The molecule has 0 spiro atoms. The largest absolute Gasteiger partial charge is 0.481 e. The maximum absolute atomic E-state index is 14.9. The molecule has 15 amide bonds. The molecule has 0 saturated heterocycles. The summed E-state index contributed by atoms with van der Waals surface area (Å²) < 4.78 is 0. The van der Waals surface area contributed by atoms with E-state index in [0.717, 1.165) is 12.3 Å². The molecule has 0 radical (unpaired) electrons. The quantitative estimate of drug-likeness (QED) is 0.0111. The van der Waals surface area contributed by atoms with E-state index in [1.54, 1.807) is 72.8 Å². The van der Waals surface area contributed by atoms with E-state index in [9.17, 15) is 127 Å². The number of amides is 15. The number of nitrogens with two attached hydrogens (primary N) is 4. The Hall–Kier alpha value is -14.3. The van der Waals surface area contributed by atoms with Crippen LogP contribution in [0.4, 0.5) is 0 Å². The lowest BCUT2D eigenvalue weighted by Crippen LogP contribution is -2.61. The standard InChI is InChI=1S/C83H118ClN23O27/c1-43(68(121)93-37-63(112)96-54(24-27-64(113)114)73(126)98-52(15-7-8-30-85)71(124)100-55(25-28-65(115)116)74(127)106-61(41-110)80(133)97-51(16-9-31-91-82(87)88)70(123)94-38-67(119)120)95-76(129)57(35-45-19-22-49(84)23-20-45)103-78(131)58(34-44-11-3-2-4-12-44)104-81(134)62(42-111)107-75(128)56(26-29-66(117)118)101-77(130)59(36-46-18-21-47-13-5-6-14-48(47)33-46)102-72(125)53(17-10-32-92-83(89)90)99-79(132)60(40-109)105-69(122)50(86)39-108/h2-6,11-14,18-23,33,43,50-62,108-111H,7-10,15-17,24-32,34-42,85-86H2,1H3,(H,93,121)(H,94,123)(H,95,129)(H,96,112)(H,97,133)(H,98,126)(H,99,132)(H,100,124)(H,101,130)(H,102,125)(H,103,131)(H,104,134)(H,105,122)(H,106,127)(H,107,128)(H,113,114)(H,115,116)(H,117,118)(H,119,120)(H4,87,88,91)(H4,89,90,92)/t43-,50-,51-,52-,53-,54-,55-,56-,57-,58-,59-,60-,61-,62-/m0/s1. The van der Waals surface area contributed by atoms with Crippen LogP contribution in [0.25, 0.3) is 10.8 Å². The second-order valence-electron chi connectivity index (χ2n) is 30.6. The molecule has 14 atom stereocenters. The minimum atomic E-state index is -2.03. The molecule has 4 rings (SSSR count). The first kappa shape index (κ1) is 112. The van der Waals surface area contributed by atoms with Crippen molar-refractivity contribution in [2.24, 2.45) is 22.9 Å². The molecule has 734 valence electrons. The molecule has 0 aromatic heterocycles. The summed E-state index contributed by atoms with van der Waals surface area (Å²) in [5, 5.41) is 135. The fourth-order valence-corrected chi connectivity index (χ4v) is 12.9. The number of carbonyl (C=O) groups is 19. The average molecular weight is 1910 g/mol. The van der Waals surface area contributed by atoms with Crippen LogP contribution >= 0.6 is 11.6 Å². The van der Waals surface area contributed by atoms with Crippen molar-refractivity contribution in [2.75, 3.05) is 59.2 Å². The van der Waals surface area contributed by atoms with Crippen LogP contribution in [0.3, 0.4) is 0 Å². The van der Waals surface area contributed by atoms with E-state index >= 15 is 0 Å². The number of benzene rings is 4. The Kier molecular flexibility index (Phi) is 49.4. The zero-order valence-electron chi connectivity index (χ0n) is 73.0. The molecule has 0 unspecified atom stereocenters. The molecule has 0 heterocycles. The van der Waals surface area contributed by atoms with Gasteiger partial charge in [-0.25, -0.2) is 0 Å². The first-order valence-electron chi connectivity index (χ1n) is 42.3. The number of carboxylic acid groups (broad SMARTS) is 4. The summed E-state index contributed by atoms with van der Waals surface area (Å²) in [5.41, 5.74) is 23.2. The van der Waals surface area contributed by atoms with Crippen LogP contribution < -0.4 is 113 Å². The van der Waals surface area contributed by atoms with Crippen LogP contribution in [0.2, 0.25) is 5.02 Å². The van der Waals surface area contributed by atoms with Gasteiger partial charge in [0.15, 0.2) is 11.9 Å². The van der Waals surface area contributed by atoms with Gasteiger partial charge >= 0.3 is 23.9 Å². The summed E-state index contributed by atoms with van der Waals surface area (Å²) in [6.07, 6.45) is -6.01. The molecule has 0 fully saturated rings. The first-order valence-corrected chi connectivity index (χ1v) is 42.6. The van der Waals surface area contributed by atoms with Crippen molar-refractivity contribution < 1.29 is 132 Å². The molecular weight excluding hydrogens is 1790 g/mol. The van der Waals surface area contributed by atoms with Crippen molar-refractivity contribution >= 4 is 147 Å². The van der Waals surface area contributed by atoms with Crippen LogP contribution in [0.1, 0.15) is 107 Å². The molecule has 35 N–H and O–H groups in total. The van der Waals surface area contributed by atoms with Crippen LogP contribution in [0.15, 0.2) is 97.1 Å². The molecule has 134 heavy (non-hydrogen) atoms. The van der Waals surface area contributed by atoms with Crippen molar-refractivity contribution in [3.05, 3.63) is 119 Å². The highest BCUT2D eigenvalue weighted by molar-refractivity contribution is 6.30. The van der Waals surface area contributed by atoms with E-state index in [2.05, 4.69) is 90.4 Å². The second-order valence-corrected chi connectivity index (χ2v) is 31.1. The number of aliphatic hydroxyl groups is 4. The SMILES string of the molecule is C[C@H](NC(=O)[C@H](Cc1ccc(Cl)cc1)NC(=O)[C@H](Cc1ccccc1)NC(=O)[C@H](CO)NC(=O)[C@H](CCC(=O)O)NC(=O)[C@H](Cc1ccc2ccccc2c1)NC(=O)[C@H](CCCNC(=N)N)NC(=O)[C@H](CO)NC(=O)[C@@H](N)CO)C(=O)NCC(=O)N[C@@H](CCC(=O)O)C(=O)N[C@@H](CCCCN)C(=O)N[C@@H](CCC(=O)O)C(=O)N[C@@H](CO)C(=O)N[C@@H](CCCNC(=N)N)C(=O)NCC(=O)O. The van der Waals surface area contributed by atoms with Crippen molar-refractivity contribution in [3.8, 4) is 0 Å². The summed E-state index contributed by atoms with van der Waals surface area (Å²) in [6.45, 7) is -4.99. The van der Waals surface area contributed by atoms with Crippen LogP contribution in [0.5, 0.6) is 0 Å². The zero-order chi connectivity index (χ0) is 99.7. The minimum absolute atomic E-state index is 0.00215. The van der Waals surface area contributed by atoms with E-state index in [4.69, 9.17) is 50.5 Å². The number of rotatable bonds is 62. The van der Waals surface area contributed by atoms with Gasteiger partial charge in [0, 0.05) is 56.6 Å². The van der Waals surface area contributed by atoms with Gasteiger partial charge in [0.05, 0.1) is 33.0 Å². The van der Waals surface area contributed by atoms with Gasteiger partial charge < -0.3 is 154 Å². The van der Waals surface area contributed by atoms with Crippen LogP contribution in [-0.2, 0) is 110 Å². The number of fused-ring (bicyclic) bond motifs is 1. The third-order valence-electron chi connectivity index (χ3n) is 20.0. The lowest BCUT2D eigenvalue weighted by Gasteiger charge is -2.28. The summed E-state index contributed by atoms with van der Waals surface area (Å²) in [7, 11) is 0. The Morgan fingerprint density at radius 2 is 0.657 bits per heavy atom. The van der Waals surface area contributed by atoms with Gasteiger partial charge in [-0.05, 0) is 117 Å². The predicted octanol–water partition coefficient (Wildman–Crippen LogP) is -9.29. The highest BCUT2D eigenvalue weighted by Gasteiger charge is 2.39. The molecule has 4 aromatic rings. The highest BCUT2D eigenvalue weighted by atomic mass is 35.5. The second kappa shape index (κ2) is 59.1. The number of carbonyl (C=O) groups excluding carboxylic acids is 15. The summed E-state index contributed by atoms with van der Waals surface area (Å²) >= 11 is 6.20. The number of aliphatic carboxylic acids is 4. The van der Waals surface area contributed by atoms with Gasteiger partial charge in [0.2, 0.25) is 88.6 Å². The molecule has 0 saturated carbocycles. The van der Waals surface area contributed by atoms with Crippen molar-refractivity contribution in [2.45, 2.75) is 194 Å². The molecule has 0 aliphatic heterocycles. The molecule has 4 aromatic carbocycles. The molecule has 51 heteroatoms. The van der Waals surface area contributed by atoms with Crippen LogP contribution in [0, 0.1) is 10.8 Å². The number of hydrogen-bond acceptors (Lipinski definition) is 27. The minimum Gasteiger partial charge on any atom is -0.481 e. The third kappa shape index (κ3) is 41.8. The van der Waals surface area contributed by atoms with E-state index in [1.807, 2.05) is 0 Å². The fourth-order valence-electron chi connectivity index (χ4n) is 12.8. The normalized spacial score (nSPS) is 14.1. The number of guanidine groups is 2. The summed E-state index contributed by atoms with van der Waals surface area (Å²) in [4.78, 5) is 258. The number of halogens is 1. The maximum atomic E-state index is 14.9. The lowest BCUT2D eigenvalue weighted by molar-refractivity contribution is -0.139. The van der Waals surface area contributed by atoms with Gasteiger partial charge in [-0.2, -0.15) is 0 Å². The number of unbranched alkanes of at least 4 members (excludes halogenated alkanes) is 1. The highest BCUT2D eigenvalue weighted by Crippen LogP contribution is 2.19. The van der Waals surface area contributed by atoms with Gasteiger partial charge in [-0.1, -0.05) is 96.5 Å². The topological polar surface area (TPSA) is 842 Å². The summed E-state index contributed by atoms with van der Waals surface area (Å²) in [6, 6.07) is 1.44. The molecule has 0 aliphatic carbocycles. The van der Waals surface area contributed by atoms with Crippen molar-refractivity contribution in [1.82, 2.24) is 90.4 Å². The lowest BCUT2D eigenvalue weighted by atomic mass is 9.99. The summed E-state index contributed by atoms with van der Waals surface area (Å²) in [5.74, 6) is -24.1. The van der Waals surface area contributed by atoms with Gasteiger partial charge in [-0.3, -0.25) is 102 Å². The fraction of sp³-hybridized carbons (Fsp3) is 0.482. The monoisotopic (exact) mass is 1900 g/mol. The van der Waals surface area contributed by atoms with Crippen LogP contribution in [-0.4, -0.2) is 309 Å². The van der Waals surface area contributed by atoms with E-state index < -0.39 is 287 Å². The predicted molar refractivity (Wildman–Crippen MR) is 476 cm³/mol. The molecule has 50 nitrogen and oxygen atoms in total. The number of nitrogens with one attached hydrogen (secondary N) is 19. The van der Waals surface area contributed by atoms with Crippen molar-refractivity contribution in [3.63, 3.8) is 0 Å². The van der Waals surface area contributed by atoms with E-state index in [0.29, 0.717) is 22.1 Å². The molecule has 0 bridgehead atoms.